The molecule has 0 bridgehead atoms. The number of nitrogens with two attached hydrogens (primary N) is 2. The van der Waals surface area contributed by atoms with Crippen LogP contribution in [0, 0.1) is 0 Å². The molecule has 0 radical (unpaired) electrons. The summed E-state index contributed by atoms with van der Waals surface area (Å²) < 4.78 is 0. The average Bonchev–Trinajstić information content (AvgIpc) is 2.86. The van der Waals surface area contributed by atoms with Crippen molar-refractivity contribution in [2.45, 2.75) is 37.4 Å². The quantitative estimate of drug-likeness (QED) is 0.160. The van der Waals surface area contributed by atoms with Gasteiger partial charge in [-0.2, -0.15) is 0 Å². The number of carbonyl (C=O) groups excluding carboxylic acids is 3. The monoisotopic (exact) mass is 372 g/mol. The lowest BCUT2D eigenvalue weighted by Crippen LogP contribution is -2.63. The molecule has 1 heterocycles. The van der Waals surface area contributed by atoms with Gasteiger partial charge in [-0.3, -0.25) is 14.4 Å². The number of rotatable bonds is 9. The van der Waals surface area contributed by atoms with Crippen LogP contribution in [0.15, 0.2) is 11.3 Å². The van der Waals surface area contributed by atoms with Crippen molar-refractivity contribution < 1.29 is 39.3 Å². The first-order valence-electron chi connectivity index (χ1n) is 7.53. The third kappa shape index (κ3) is 3.81. The van der Waals surface area contributed by atoms with Crippen LogP contribution >= 0.6 is 0 Å². The highest BCUT2D eigenvalue weighted by Crippen LogP contribution is 2.22. The van der Waals surface area contributed by atoms with E-state index in [0.717, 1.165) is 0 Å². The maximum atomic E-state index is 12.3. The van der Waals surface area contributed by atoms with E-state index in [0.29, 0.717) is 0 Å². The number of carbonyl (C=O) groups is 5. The Hall–Kier alpha value is -2.99. The number of hydrogen-bond donors (Lipinski definition) is 7. The van der Waals surface area contributed by atoms with Gasteiger partial charge in [0.25, 0.3) is 5.91 Å². The van der Waals surface area contributed by atoms with Crippen molar-refractivity contribution in [3.8, 4) is 0 Å². The van der Waals surface area contributed by atoms with E-state index in [9.17, 15) is 39.3 Å². The van der Waals surface area contributed by atoms with Crippen LogP contribution in [0.5, 0.6) is 0 Å². The van der Waals surface area contributed by atoms with Gasteiger partial charge in [-0.15, -0.1) is 0 Å². The van der Waals surface area contributed by atoms with Crippen LogP contribution in [-0.4, -0.2) is 69.0 Å². The SMILES string of the molecule is CC[C@H](N)C(=O)NC(CC(=O)C1=C(O)[C@H](CN)NC1=O)(C(=O)O)C(=O)O. The molecule has 0 unspecified atom stereocenters. The second-order valence-electron chi connectivity index (χ2n) is 5.64. The van der Waals surface area contributed by atoms with Gasteiger partial charge in [0.2, 0.25) is 11.4 Å². The van der Waals surface area contributed by atoms with Crippen molar-refractivity contribution in [2.24, 2.45) is 11.5 Å². The Balaban J connectivity index is 3.26. The van der Waals surface area contributed by atoms with E-state index < -0.39 is 64.9 Å². The molecule has 2 amide bonds. The summed E-state index contributed by atoms with van der Waals surface area (Å²) in [7, 11) is 0. The molecule has 0 saturated heterocycles. The predicted molar refractivity (Wildman–Crippen MR) is 84.7 cm³/mol. The van der Waals surface area contributed by atoms with Crippen LogP contribution in [-0.2, 0) is 24.0 Å². The van der Waals surface area contributed by atoms with Crippen LogP contribution in [0.25, 0.3) is 0 Å². The number of ketones is 1. The Bertz CT molecular complexity index is 672. The predicted octanol–water partition coefficient (Wildman–Crippen LogP) is -3.02. The third-order valence-electron chi connectivity index (χ3n) is 3.90. The number of Topliss-reactive ketones (excluding diaryl/α,β-unsaturated/α-hetero) is 1. The zero-order chi connectivity index (χ0) is 20.2. The molecule has 0 aromatic heterocycles. The lowest BCUT2D eigenvalue weighted by Gasteiger charge is -2.26. The second kappa shape index (κ2) is 7.93. The molecule has 9 N–H and O–H groups in total. The van der Waals surface area contributed by atoms with Gasteiger partial charge in [-0.1, -0.05) is 6.92 Å². The number of hydrogen-bond acceptors (Lipinski definition) is 8. The van der Waals surface area contributed by atoms with E-state index in [4.69, 9.17) is 11.5 Å². The normalized spacial score (nSPS) is 18.3. The Kier molecular flexibility index (Phi) is 6.42. The Morgan fingerprint density at radius 2 is 1.81 bits per heavy atom. The minimum absolute atomic E-state index is 0.0849. The first kappa shape index (κ1) is 21.1. The Morgan fingerprint density at radius 1 is 1.27 bits per heavy atom. The molecule has 0 aromatic rings. The lowest BCUT2D eigenvalue weighted by molar-refractivity contribution is -0.163. The molecule has 1 rings (SSSR count). The molecule has 12 heteroatoms. The summed E-state index contributed by atoms with van der Waals surface area (Å²) in [6, 6.07) is -2.25. The molecule has 0 aliphatic carbocycles. The smallest absolute Gasteiger partial charge is 0.341 e. The maximum absolute atomic E-state index is 12.3. The number of aliphatic carboxylic acids is 2. The van der Waals surface area contributed by atoms with Crippen LogP contribution in [0.2, 0.25) is 0 Å². The largest absolute Gasteiger partial charge is 0.509 e. The van der Waals surface area contributed by atoms with Gasteiger partial charge >= 0.3 is 11.9 Å². The maximum Gasteiger partial charge on any atom is 0.341 e. The van der Waals surface area contributed by atoms with Crippen LogP contribution in [0.1, 0.15) is 19.8 Å². The molecule has 12 nitrogen and oxygen atoms in total. The van der Waals surface area contributed by atoms with Gasteiger partial charge in [-0.05, 0) is 6.42 Å². The van der Waals surface area contributed by atoms with Gasteiger partial charge in [0.05, 0.1) is 18.5 Å². The van der Waals surface area contributed by atoms with E-state index in [1.165, 1.54) is 6.92 Å². The standard InChI is InChI=1S/C14H20N4O8/c1-2-5(16)10(21)18-14(12(23)24,13(25)26)3-7(19)8-9(20)6(4-15)17-11(8)22/h5-6,20H,2-4,15-16H2,1H3,(H,17,22)(H,18,21)(H,23,24)(H,25,26)/t5-,6-/m0/s1. The highest BCUT2D eigenvalue weighted by Gasteiger charge is 2.52. The van der Waals surface area contributed by atoms with E-state index in [1.54, 1.807) is 5.32 Å². The Labute approximate surface area is 147 Å². The second-order valence-corrected chi connectivity index (χ2v) is 5.64. The summed E-state index contributed by atoms with van der Waals surface area (Å²) in [5.74, 6) is -8.20. The molecule has 0 aromatic carbocycles. The van der Waals surface area contributed by atoms with Gasteiger partial charge < -0.3 is 37.4 Å². The molecule has 144 valence electrons. The first-order valence-corrected chi connectivity index (χ1v) is 7.53. The average molecular weight is 372 g/mol. The molecular weight excluding hydrogens is 352 g/mol. The summed E-state index contributed by atoms with van der Waals surface area (Å²) >= 11 is 0. The number of carboxylic acid groups (broad SMARTS) is 2. The zero-order valence-corrected chi connectivity index (χ0v) is 13.8. The van der Waals surface area contributed by atoms with Crippen molar-refractivity contribution in [2.75, 3.05) is 6.54 Å². The number of amides is 2. The Morgan fingerprint density at radius 3 is 2.19 bits per heavy atom. The fourth-order valence-electron chi connectivity index (χ4n) is 2.24. The van der Waals surface area contributed by atoms with E-state index in [-0.39, 0.29) is 13.0 Å². The third-order valence-corrected chi connectivity index (χ3v) is 3.90. The van der Waals surface area contributed by atoms with Crippen molar-refractivity contribution in [1.29, 1.82) is 0 Å². The molecule has 1 aliphatic rings. The van der Waals surface area contributed by atoms with Crippen molar-refractivity contribution in [3.63, 3.8) is 0 Å². The molecular formula is C14H20N4O8. The van der Waals surface area contributed by atoms with Crippen molar-refractivity contribution in [1.82, 2.24) is 10.6 Å². The van der Waals surface area contributed by atoms with Gasteiger partial charge in [0.15, 0.2) is 5.78 Å². The molecule has 0 saturated carbocycles. The van der Waals surface area contributed by atoms with Gasteiger partial charge in [-0.25, -0.2) is 9.59 Å². The zero-order valence-electron chi connectivity index (χ0n) is 13.8. The summed E-state index contributed by atoms with van der Waals surface area (Å²) in [6.45, 7) is 1.27. The molecule has 2 atom stereocenters. The molecule has 26 heavy (non-hydrogen) atoms. The van der Waals surface area contributed by atoms with Crippen molar-refractivity contribution >= 4 is 29.5 Å². The fourth-order valence-corrected chi connectivity index (χ4v) is 2.24. The number of aliphatic hydroxyl groups is 1. The fraction of sp³-hybridized carbons (Fsp3) is 0.500. The van der Waals surface area contributed by atoms with Crippen molar-refractivity contribution in [3.05, 3.63) is 11.3 Å². The number of nitrogens with one attached hydrogen (secondary N) is 2. The minimum Gasteiger partial charge on any atom is -0.509 e. The topological polar surface area (TPSA) is 222 Å². The van der Waals surface area contributed by atoms with Crippen LogP contribution in [0.3, 0.4) is 0 Å². The summed E-state index contributed by atoms with van der Waals surface area (Å²) in [5.41, 5.74) is 6.89. The number of aliphatic hydroxyl groups excluding tert-OH is 1. The van der Waals surface area contributed by atoms with E-state index in [2.05, 4.69) is 5.32 Å². The summed E-state index contributed by atoms with van der Waals surface area (Å²) in [5, 5.41) is 32.5. The van der Waals surface area contributed by atoms with Gasteiger partial charge in [0.1, 0.15) is 11.3 Å². The van der Waals surface area contributed by atoms with Crippen LogP contribution in [0.4, 0.5) is 0 Å². The van der Waals surface area contributed by atoms with Gasteiger partial charge in [0, 0.05) is 6.54 Å². The molecule has 1 aliphatic heterocycles. The highest BCUT2D eigenvalue weighted by atomic mass is 16.4. The highest BCUT2D eigenvalue weighted by molar-refractivity contribution is 6.24. The minimum atomic E-state index is -3.06. The molecule has 0 fully saturated rings. The first-order chi connectivity index (χ1) is 12.0. The summed E-state index contributed by atoms with van der Waals surface area (Å²) in [4.78, 5) is 59.1. The van der Waals surface area contributed by atoms with Crippen LogP contribution < -0.4 is 22.1 Å². The molecule has 0 spiro atoms. The van der Waals surface area contributed by atoms with E-state index in [1.807, 2.05) is 0 Å². The van der Waals surface area contributed by atoms with E-state index >= 15 is 0 Å². The number of carboxylic acids is 2. The summed E-state index contributed by atoms with van der Waals surface area (Å²) in [6.07, 6.45) is -1.23. The lowest BCUT2D eigenvalue weighted by atomic mass is 9.89.